The molecule has 1 aliphatic carbocycles. The second-order valence-corrected chi connectivity index (χ2v) is 8.19. The summed E-state index contributed by atoms with van der Waals surface area (Å²) in [6, 6.07) is 12.9. The first-order valence-corrected chi connectivity index (χ1v) is 10.8. The van der Waals surface area contributed by atoms with Crippen molar-refractivity contribution in [1.82, 2.24) is 20.1 Å². The fourth-order valence-corrected chi connectivity index (χ4v) is 4.39. The van der Waals surface area contributed by atoms with Crippen LogP contribution < -0.4 is 5.32 Å². The largest absolute Gasteiger partial charge is 0.349 e. The standard InChI is InChI=1S/C22H23FN4OS/c1-15(17-11-10-16-6-2-3-7-18(16)12-17)25-21(28)13-29-22-26-24-14-27(22)20-9-5-4-8-19(20)23/h4-5,8-12,14-15H,2-3,6-7,13H2,1H3,(H,25,28)/t15-/m0/s1. The van der Waals surface area contributed by atoms with Crippen LogP contribution in [0.4, 0.5) is 4.39 Å². The van der Waals surface area contributed by atoms with Crippen molar-refractivity contribution in [3.05, 3.63) is 71.3 Å². The first-order chi connectivity index (χ1) is 14.1. The fraction of sp³-hybridized carbons (Fsp3) is 0.318. The molecule has 0 saturated heterocycles. The molecule has 1 aliphatic rings. The normalized spacial score (nSPS) is 14.3. The van der Waals surface area contributed by atoms with Crippen LogP contribution in [0, 0.1) is 5.82 Å². The molecule has 1 atom stereocenters. The third-order valence-corrected chi connectivity index (χ3v) is 6.15. The highest BCUT2D eigenvalue weighted by Gasteiger charge is 2.16. The summed E-state index contributed by atoms with van der Waals surface area (Å²) in [7, 11) is 0. The van der Waals surface area contributed by atoms with E-state index in [0.29, 0.717) is 10.8 Å². The number of rotatable bonds is 6. The third kappa shape index (κ3) is 4.50. The predicted molar refractivity (Wildman–Crippen MR) is 112 cm³/mol. The summed E-state index contributed by atoms with van der Waals surface area (Å²) in [6.45, 7) is 2.00. The van der Waals surface area contributed by atoms with Crippen molar-refractivity contribution in [3.8, 4) is 5.69 Å². The lowest BCUT2D eigenvalue weighted by atomic mass is 9.89. The lowest BCUT2D eigenvalue weighted by Gasteiger charge is -2.20. The predicted octanol–water partition coefficient (Wildman–Crippen LogP) is 4.25. The Kier molecular flexibility index (Phi) is 5.94. The van der Waals surface area contributed by atoms with Crippen LogP contribution in [0.3, 0.4) is 0 Å². The molecule has 150 valence electrons. The number of nitrogens with one attached hydrogen (secondary N) is 1. The molecule has 0 fully saturated rings. The summed E-state index contributed by atoms with van der Waals surface area (Å²) in [4.78, 5) is 12.5. The van der Waals surface area contributed by atoms with Crippen molar-refractivity contribution in [2.45, 2.75) is 43.8 Å². The molecule has 2 aromatic carbocycles. The highest BCUT2D eigenvalue weighted by atomic mass is 32.2. The number of hydrogen-bond donors (Lipinski definition) is 1. The van der Waals surface area contributed by atoms with E-state index in [4.69, 9.17) is 0 Å². The first-order valence-electron chi connectivity index (χ1n) is 9.80. The van der Waals surface area contributed by atoms with Gasteiger partial charge in [-0.3, -0.25) is 9.36 Å². The highest BCUT2D eigenvalue weighted by Crippen LogP contribution is 2.25. The van der Waals surface area contributed by atoms with E-state index < -0.39 is 0 Å². The Morgan fingerprint density at radius 1 is 1.21 bits per heavy atom. The average molecular weight is 411 g/mol. The van der Waals surface area contributed by atoms with Crippen molar-refractivity contribution in [3.63, 3.8) is 0 Å². The minimum Gasteiger partial charge on any atom is -0.349 e. The highest BCUT2D eigenvalue weighted by molar-refractivity contribution is 7.99. The Hall–Kier alpha value is -2.67. The molecule has 0 bridgehead atoms. The summed E-state index contributed by atoms with van der Waals surface area (Å²) in [5.41, 5.74) is 4.32. The van der Waals surface area contributed by atoms with Gasteiger partial charge in [0.2, 0.25) is 5.91 Å². The van der Waals surface area contributed by atoms with Crippen LogP contribution in [-0.2, 0) is 17.6 Å². The molecule has 1 heterocycles. The number of amides is 1. The molecule has 1 aromatic heterocycles. The molecular weight excluding hydrogens is 387 g/mol. The number of nitrogens with zero attached hydrogens (tertiary/aromatic N) is 3. The zero-order valence-corrected chi connectivity index (χ0v) is 17.1. The number of benzene rings is 2. The zero-order valence-electron chi connectivity index (χ0n) is 16.3. The van der Waals surface area contributed by atoms with Crippen LogP contribution in [0.5, 0.6) is 0 Å². The van der Waals surface area contributed by atoms with Crippen molar-refractivity contribution in [2.24, 2.45) is 0 Å². The van der Waals surface area contributed by atoms with E-state index in [2.05, 4.69) is 33.7 Å². The minimum atomic E-state index is -0.361. The van der Waals surface area contributed by atoms with E-state index in [1.165, 1.54) is 48.1 Å². The van der Waals surface area contributed by atoms with Crippen LogP contribution in [-0.4, -0.2) is 26.4 Å². The van der Waals surface area contributed by atoms with Crippen molar-refractivity contribution >= 4 is 17.7 Å². The van der Waals surface area contributed by atoms with Gasteiger partial charge in [-0.25, -0.2) is 4.39 Å². The maximum Gasteiger partial charge on any atom is 0.230 e. The summed E-state index contributed by atoms with van der Waals surface area (Å²) < 4.78 is 15.6. The van der Waals surface area contributed by atoms with Gasteiger partial charge < -0.3 is 5.32 Å². The van der Waals surface area contributed by atoms with Gasteiger partial charge in [-0.05, 0) is 61.4 Å². The molecule has 3 aromatic rings. The number of halogens is 1. The molecule has 1 amide bonds. The Bertz CT molecular complexity index is 1020. The number of carbonyl (C=O) groups excluding carboxylic acids is 1. The number of aryl methyl sites for hydroxylation is 2. The van der Waals surface area contributed by atoms with Crippen LogP contribution >= 0.6 is 11.8 Å². The minimum absolute atomic E-state index is 0.0697. The van der Waals surface area contributed by atoms with E-state index in [1.807, 2.05) is 6.92 Å². The summed E-state index contributed by atoms with van der Waals surface area (Å²) in [5, 5.41) is 11.4. The lowest BCUT2D eigenvalue weighted by Crippen LogP contribution is -2.28. The van der Waals surface area contributed by atoms with E-state index >= 15 is 0 Å². The van der Waals surface area contributed by atoms with Gasteiger partial charge in [-0.1, -0.05) is 42.1 Å². The SMILES string of the molecule is C[C@H](NC(=O)CSc1nncn1-c1ccccc1F)c1ccc2c(c1)CCCC2. The second kappa shape index (κ2) is 8.78. The molecule has 5 nitrogen and oxygen atoms in total. The molecule has 4 rings (SSSR count). The number of thioether (sulfide) groups is 1. The van der Waals surface area contributed by atoms with Gasteiger partial charge in [0, 0.05) is 0 Å². The van der Waals surface area contributed by atoms with Gasteiger partial charge in [0.1, 0.15) is 12.1 Å². The van der Waals surface area contributed by atoms with E-state index in [0.717, 1.165) is 18.4 Å². The monoisotopic (exact) mass is 410 g/mol. The summed E-state index contributed by atoms with van der Waals surface area (Å²) >= 11 is 1.24. The van der Waals surface area contributed by atoms with Crippen LogP contribution in [0.2, 0.25) is 0 Å². The van der Waals surface area contributed by atoms with Crippen LogP contribution in [0.15, 0.2) is 53.9 Å². The van der Waals surface area contributed by atoms with Gasteiger partial charge in [-0.2, -0.15) is 0 Å². The summed E-state index contributed by atoms with van der Waals surface area (Å²) in [5.74, 6) is -0.273. The first kappa shape index (κ1) is 19.6. The lowest BCUT2D eigenvalue weighted by molar-refractivity contribution is -0.119. The smallest absolute Gasteiger partial charge is 0.230 e. The number of carbonyl (C=O) groups is 1. The van der Waals surface area contributed by atoms with Crippen LogP contribution in [0.25, 0.3) is 5.69 Å². The fourth-order valence-electron chi connectivity index (χ4n) is 3.65. The Balaban J connectivity index is 1.38. The quantitative estimate of drug-likeness (QED) is 0.617. The van der Waals surface area contributed by atoms with Gasteiger partial charge in [-0.15, -0.1) is 10.2 Å². The van der Waals surface area contributed by atoms with Crippen LogP contribution in [0.1, 0.15) is 42.5 Å². The Morgan fingerprint density at radius 2 is 2.00 bits per heavy atom. The van der Waals surface area contributed by atoms with Gasteiger partial charge in [0.25, 0.3) is 0 Å². The number of para-hydroxylation sites is 1. The van der Waals surface area contributed by atoms with Gasteiger partial charge in [0.15, 0.2) is 5.16 Å². The third-order valence-electron chi connectivity index (χ3n) is 5.21. The number of fused-ring (bicyclic) bond motifs is 1. The second-order valence-electron chi connectivity index (χ2n) is 7.25. The molecule has 0 saturated carbocycles. The van der Waals surface area contributed by atoms with Crippen molar-refractivity contribution in [2.75, 3.05) is 5.75 Å². The Labute approximate surface area is 173 Å². The molecule has 1 N–H and O–H groups in total. The Morgan fingerprint density at radius 3 is 2.83 bits per heavy atom. The van der Waals surface area contributed by atoms with E-state index in [-0.39, 0.29) is 23.5 Å². The maximum absolute atomic E-state index is 14.0. The van der Waals surface area contributed by atoms with E-state index in [1.54, 1.807) is 22.8 Å². The van der Waals surface area contributed by atoms with Crippen molar-refractivity contribution < 1.29 is 9.18 Å². The topological polar surface area (TPSA) is 59.8 Å². The molecule has 0 spiro atoms. The van der Waals surface area contributed by atoms with Gasteiger partial charge >= 0.3 is 0 Å². The van der Waals surface area contributed by atoms with Crippen molar-refractivity contribution in [1.29, 1.82) is 0 Å². The van der Waals surface area contributed by atoms with E-state index in [9.17, 15) is 9.18 Å². The molecule has 7 heteroatoms. The molecule has 29 heavy (non-hydrogen) atoms. The van der Waals surface area contributed by atoms with Gasteiger partial charge in [0.05, 0.1) is 17.5 Å². The summed E-state index contributed by atoms with van der Waals surface area (Å²) in [6.07, 6.45) is 6.21. The number of aromatic nitrogens is 3. The molecule has 0 radical (unpaired) electrons. The molecule has 0 aliphatic heterocycles. The maximum atomic E-state index is 14.0. The molecular formula is C22H23FN4OS. The average Bonchev–Trinajstić information content (AvgIpc) is 3.20. The zero-order chi connectivity index (χ0) is 20.2. The molecule has 0 unspecified atom stereocenters. The number of hydrogen-bond acceptors (Lipinski definition) is 4.